The molecule has 1 heterocycles. The molecule has 13 heavy (non-hydrogen) atoms. The zero-order chi connectivity index (χ0) is 9.68. The van der Waals surface area contributed by atoms with E-state index in [1.807, 2.05) is 0 Å². The quantitative estimate of drug-likeness (QED) is 0.672. The van der Waals surface area contributed by atoms with Crippen LogP contribution in [0.3, 0.4) is 0 Å². The van der Waals surface area contributed by atoms with Crippen LogP contribution >= 0.6 is 0 Å². The van der Waals surface area contributed by atoms with Gasteiger partial charge in [-0.25, -0.2) is 0 Å². The van der Waals surface area contributed by atoms with E-state index in [9.17, 15) is 0 Å². The predicted octanol–water partition coefficient (Wildman–Crippen LogP) is 1.62. The number of hydrogen-bond donors (Lipinski definition) is 1. The maximum absolute atomic E-state index is 5.72. The van der Waals surface area contributed by atoms with E-state index >= 15 is 0 Å². The monoisotopic (exact) mass is 182 g/mol. The zero-order valence-corrected chi connectivity index (χ0v) is 8.76. The van der Waals surface area contributed by atoms with Crippen LogP contribution in [0.25, 0.3) is 0 Å². The van der Waals surface area contributed by atoms with E-state index in [-0.39, 0.29) is 0 Å². The summed E-state index contributed by atoms with van der Waals surface area (Å²) in [5, 5.41) is 0. The molecule has 0 aromatic carbocycles. The fraction of sp³-hybridized carbons (Fsp3) is 0.818. The lowest BCUT2D eigenvalue weighted by molar-refractivity contribution is 0.271. The molecule has 1 aliphatic heterocycles. The minimum atomic E-state index is 0.710. The predicted molar refractivity (Wildman–Crippen MR) is 57.6 cm³/mol. The Morgan fingerprint density at radius 2 is 2.31 bits per heavy atom. The summed E-state index contributed by atoms with van der Waals surface area (Å²) >= 11 is 0. The Kier molecular flexibility index (Phi) is 4.46. The molecule has 76 valence electrons. The van der Waals surface area contributed by atoms with Crippen molar-refractivity contribution in [3.05, 3.63) is 12.2 Å². The van der Waals surface area contributed by atoms with Crippen molar-refractivity contribution >= 4 is 0 Å². The van der Waals surface area contributed by atoms with Crippen molar-refractivity contribution in [3.8, 4) is 0 Å². The Labute approximate surface area is 81.8 Å². The molecule has 2 N–H and O–H groups in total. The van der Waals surface area contributed by atoms with Gasteiger partial charge in [-0.2, -0.15) is 0 Å². The number of rotatable bonds is 3. The largest absolute Gasteiger partial charge is 0.330 e. The second kappa shape index (κ2) is 5.40. The highest BCUT2D eigenvalue weighted by atomic mass is 15.1. The molecule has 0 aromatic rings. The third-order valence-corrected chi connectivity index (χ3v) is 2.68. The molecule has 0 radical (unpaired) electrons. The third-order valence-electron chi connectivity index (χ3n) is 2.68. The van der Waals surface area contributed by atoms with Gasteiger partial charge in [0, 0.05) is 13.1 Å². The standard InChI is InChI=1S/C11H22N2/c1-10(2)8-13-6-4-3-5-11(7-12)9-13/h11H,1,3-9,12H2,2H3. The number of nitrogens with two attached hydrogens (primary N) is 1. The molecule has 1 rings (SSSR count). The van der Waals surface area contributed by atoms with E-state index in [4.69, 9.17) is 5.73 Å². The summed E-state index contributed by atoms with van der Waals surface area (Å²) in [5.74, 6) is 0.710. The molecule has 0 bridgehead atoms. The first-order valence-corrected chi connectivity index (χ1v) is 5.29. The molecule has 0 amide bonds. The van der Waals surface area contributed by atoms with Crippen LogP contribution in [0.2, 0.25) is 0 Å². The summed E-state index contributed by atoms with van der Waals surface area (Å²) in [5.41, 5.74) is 6.98. The van der Waals surface area contributed by atoms with Crippen LogP contribution < -0.4 is 5.73 Å². The van der Waals surface area contributed by atoms with Gasteiger partial charge in [0.05, 0.1) is 0 Å². The van der Waals surface area contributed by atoms with E-state index < -0.39 is 0 Å². The van der Waals surface area contributed by atoms with Gasteiger partial charge >= 0.3 is 0 Å². The molecule has 0 saturated carbocycles. The van der Waals surface area contributed by atoms with Crippen molar-refractivity contribution in [2.45, 2.75) is 26.2 Å². The topological polar surface area (TPSA) is 29.3 Å². The van der Waals surface area contributed by atoms with E-state index in [0.29, 0.717) is 5.92 Å². The molecule has 2 nitrogen and oxygen atoms in total. The molecule has 1 saturated heterocycles. The van der Waals surface area contributed by atoms with Crippen molar-refractivity contribution < 1.29 is 0 Å². The van der Waals surface area contributed by atoms with E-state index in [0.717, 1.165) is 13.1 Å². The van der Waals surface area contributed by atoms with Crippen LogP contribution in [-0.4, -0.2) is 31.1 Å². The molecular formula is C11H22N2. The average molecular weight is 182 g/mol. The molecule has 1 aliphatic rings. The Bertz CT molecular complexity index is 165. The van der Waals surface area contributed by atoms with Crippen LogP contribution in [0.5, 0.6) is 0 Å². The lowest BCUT2D eigenvalue weighted by atomic mass is 10.0. The molecule has 0 spiro atoms. The number of nitrogens with zero attached hydrogens (tertiary/aromatic N) is 1. The molecule has 0 aliphatic carbocycles. The van der Waals surface area contributed by atoms with Crippen molar-refractivity contribution in [2.75, 3.05) is 26.2 Å². The first-order valence-electron chi connectivity index (χ1n) is 5.29. The molecule has 1 unspecified atom stereocenters. The molecule has 1 atom stereocenters. The summed E-state index contributed by atoms with van der Waals surface area (Å²) in [6.07, 6.45) is 3.97. The molecule has 0 aromatic heterocycles. The van der Waals surface area contributed by atoms with Crippen molar-refractivity contribution in [1.82, 2.24) is 4.90 Å². The van der Waals surface area contributed by atoms with E-state index in [1.165, 1.54) is 37.9 Å². The van der Waals surface area contributed by atoms with Gasteiger partial charge in [0.25, 0.3) is 0 Å². The SMILES string of the molecule is C=C(C)CN1CCCCC(CN)C1. The second-order valence-electron chi connectivity index (χ2n) is 4.29. The van der Waals surface area contributed by atoms with Crippen LogP contribution in [0.15, 0.2) is 12.2 Å². The smallest absolute Gasteiger partial charge is 0.0187 e. The Morgan fingerprint density at radius 3 is 2.92 bits per heavy atom. The van der Waals surface area contributed by atoms with Gasteiger partial charge in [-0.1, -0.05) is 18.6 Å². The fourth-order valence-electron chi connectivity index (χ4n) is 2.03. The third kappa shape index (κ3) is 3.92. The van der Waals surface area contributed by atoms with Crippen LogP contribution in [0, 0.1) is 5.92 Å². The minimum Gasteiger partial charge on any atom is -0.330 e. The number of likely N-dealkylation sites (tertiary alicyclic amines) is 1. The van der Waals surface area contributed by atoms with Gasteiger partial charge in [-0.3, -0.25) is 4.90 Å². The van der Waals surface area contributed by atoms with Crippen LogP contribution in [0.4, 0.5) is 0 Å². The number of hydrogen-bond acceptors (Lipinski definition) is 2. The Balaban J connectivity index is 2.39. The van der Waals surface area contributed by atoms with Gasteiger partial charge in [0.15, 0.2) is 0 Å². The summed E-state index contributed by atoms with van der Waals surface area (Å²) in [6.45, 7) is 10.3. The van der Waals surface area contributed by atoms with E-state index in [2.05, 4.69) is 18.4 Å². The Hall–Kier alpha value is -0.340. The fourth-order valence-corrected chi connectivity index (χ4v) is 2.03. The van der Waals surface area contributed by atoms with Gasteiger partial charge in [-0.15, -0.1) is 0 Å². The second-order valence-corrected chi connectivity index (χ2v) is 4.29. The normalized spacial score (nSPS) is 25.5. The van der Waals surface area contributed by atoms with Gasteiger partial charge in [0.2, 0.25) is 0 Å². The van der Waals surface area contributed by atoms with Crippen molar-refractivity contribution in [3.63, 3.8) is 0 Å². The maximum atomic E-state index is 5.72. The summed E-state index contributed by atoms with van der Waals surface area (Å²) in [4.78, 5) is 2.49. The summed E-state index contributed by atoms with van der Waals surface area (Å²) in [6, 6.07) is 0. The van der Waals surface area contributed by atoms with E-state index in [1.54, 1.807) is 0 Å². The zero-order valence-electron chi connectivity index (χ0n) is 8.76. The summed E-state index contributed by atoms with van der Waals surface area (Å²) < 4.78 is 0. The highest BCUT2D eigenvalue weighted by Gasteiger charge is 2.16. The van der Waals surface area contributed by atoms with Crippen LogP contribution in [-0.2, 0) is 0 Å². The molecule has 1 fully saturated rings. The highest BCUT2D eigenvalue weighted by molar-refractivity contribution is 4.92. The van der Waals surface area contributed by atoms with Gasteiger partial charge in [-0.05, 0) is 38.8 Å². The van der Waals surface area contributed by atoms with Crippen molar-refractivity contribution in [1.29, 1.82) is 0 Å². The van der Waals surface area contributed by atoms with Crippen molar-refractivity contribution in [2.24, 2.45) is 11.7 Å². The lowest BCUT2D eigenvalue weighted by Gasteiger charge is -2.23. The average Bonchev–Trinajstić information content (AvgIpc) is 2.28. The van der Waals surface area contributed by atoms with Crippen LogP contribution in [0.1, 0.15) is 26.2 Å². The highest BCUT2D eigenvalue weighted by Crippen LogP contribution is 2.15. The maximum Gasteiger partial charge on any atom is 0.0187 e. The summed E-state index contributed by atoms with van der Waals surface area (Å²) in [7, 11) is 0. The molecule has 2 heteroatoms. The van der Waals surface area contributed by atoms with Gasteiger partial charge in [0.1, 0.15) is 0 Å². The minimum absolute atomic E-state index is 0.710. The lowest BCUT2D eigenvalue weighted by Crippen LogP contribution is -2.32. The Morgan fingerprint density at radius 1 is 1.54 bits per heavy atom. The molecular weight excluding hydrogens is 160 g/mol. The first kappa shape index (κ1) is 10.7. The van der Waals surface area contributed by atoms with Gasteiger partial charge < -0.3 is 5.73 Å². The first-order chi connectivity index (χ1) is 6.22.